The fraction of sp³-hybridized carbons (Fsp3) is 0.417. The lowest BCUT2D eigenvalue weighted by Gasteiger charge is -2.15. The van der Waals surface area contributed by atoms with Crippen molar-refractivity contribution in [3.8, 4) is 5.75 Å². The van der Waals surface area contributed by atoms with Crippen molar-refractivity contribution in [3.05, 3.63) is 29.3 Å². The van der Waals surface area contributed by atoms with Crippen molar-refractivity contribution < 1.29 is 9.53 Å². The minimum Gasteiger partial charge on any atom is -0.494 e. The molecular formula is C12H15BrO2. The molecule has 0 spiro atoms. The molecule has 1 aromatic rings. The molecule has 0 N–H and O–H groups in total. The van der Waals surface area contributed by atoms with Crippen LogP contribution in [0.4, 0.5) is 0 Å². The molecule has 0 amide bonds. The second kappa shape index (κ2) is 5.31. The average Bonchev–Trinajstić information content (AvgIpc) is 2.17. The van der Waals surface area contributed by atoms with E-state index in [9.17, 15) is 4.79 Å². The van der Waals surface area contributed by atoms with Crippen LogP contribution >= 0.6 is 15.9 Å². The van der Waals surface area contributed by atoms with Crippen LogP contribution < -0.4 is 4.74 Å². The van der Waals surface area contributed by atoms with E-state index >= 15 is 0 Å². The van der Waals surface area contributed by atoms with Crippen LogP contribution in [0.25, 0.3) is 0 Å². The molecular weight excluding hydrogens is 256 g/mol. The summed E-state index contributed by atoms with van der Waals surface area (Å²) < 4.78 is 5.51. The van der Waals surface area contributed by atoms with E-state index in [2.05, 4.69) is 15.9 Å². The van der Waals surface area contributed by atoms with Gasteiger partial charge in [0.05, 0.1) is 6.61 Å². The zero-order valence-electron chi connectivity index (χ0n) is 9.21. The van der Waals surface area contributed by atoms with Crippen molar-refractivity contribution in [3.63, 3.8) is 0 Å². The highest BCUT2D eigenvalue weighted by molar-refractivity contribution is 9.09. The summed E-state index contributed by atoms with van der Waals surface area (Å²) in [5.74, 6) is 0.875. The van der Waals surface area contributed by atoms with Crippen LogP contribution in [-0.4, -0.2) is 12.4 Å². The maximum absolute atomic E-state index is 11.4. The first kappa shape index (κ1) is 12.2. The molecule has 0 fully saturated rings. The lowest BCUT2D eigenvalue weighted by molar-refractivity contribution is -0.116. The number of Topliss-reactive ketones (excluding diaryl/α,β-unsaturated/α-hetero) is 1. The molecule has 82 valence electrons. The zero-order chi connectivity index (χ0) is 11.4. The van der Waals surface area contributed by atoms with E-state index in [1.54, 1.807) is 6.92 Å². The molecule has 2 nitrogen and oxygen atoms in total. The Bertz CT molecular complexity index is 361. The first-order valence-electron chi connectivity index (χ1n) is 4.94. The summed E-state index contributed by atoms with van der Waals surface area (Å²) in [6.45, 7) is 6.09. The Hall–Kier alpha value is -0.830. The number of aryl methyl sites for hydroxylation is 1. The normalized spacial score (nSPS) is 12.3. The molecule has 1 aromatic carbocycles. The van der Waals surface area contributed by atoms with E-state index in [4.69, 9.17) is 4.74 Å². The van der Waals surface area contributed by atoms with Crippen molar-refractivity contribution in [1.82, 2.24) is 0 Å². The molecule has 0 saturated carbocycles. The molecule has 1 atom stereocenters. The molecule has 3 heteroatoms. The van der Waals surface area contributed by atoms with E-state index in [0.29, 0.717) is 6.61 Å². The van der Waals surface area contributed by atoms with Crippen LogP contribution in [0.3, 0.4) is 0 Å². The molecule has 0 aliphatic carbocycles. The number of benzene rings is 1. The number of ketones is 1. The van der Waals surface area contributed by atoms with Gasteiger partial charge in [-0.1, -0.05) is 28.1 Å². The van der Waals surface area contributed by atoms with Crippen LogP contribution in [0.5, 0.6) is 5.75 Å². The number of hydrogen-bond acceptors (Lipinski definition) is 2. The highest BCUT2D eigenvalue weighted by atomic mass is 79.9. The fourth-order valence-corrected chi connectivity index (χ4v) is 2.05. The molecule has 0 aromatic heterocycles. The maximum atomic E-state index is 11.4. The summed E-state index contributed by atoms with van der Waals surface area (Å²) in [6.07, 6.45) is 0. The third-order valence-electron chi connectivity index (χ3n) is 2.19. The number of hydrogen-bond donors (Lipinski definition) is 0. The largest absolute Gasteiger partial charge is 0.494 e. The molecule has 0 aliphatic heterocycles. The van der Waals surface area contributed by atoms with Crippen LogP contribution in [0.15, 0.2) is 18.2 Å². The van der Waals surface area contributed by atoms with E-state index in [0.717, 1.165) is 16.9 Å². The Morgan fingerprint density at radius 3 is 2.73 bits per heavy atom. The Balaban J connectivity index is 3.17. The standard InChI is InChI=1S/C12H15BrO2/c1-4-15-10-7-5-6-8(2)11(10)12(13)9(3)14/h5-7,12H,4H2,1-3H3. The summed E-state index contributed by atoms with van der Waals surface area (Å²) in [5, 5.41) is 0. The SMILES string of the molecule is CCOc1cccc(C)c1C(Br)C(C)=O. The zero-order valence-corrected chi connectivity index (χ0v) is 10.8. The van der Waals surface area contributed by atoms with Gasteiger partial charge in [0.1, 0.15) is 16.4 Å². The van der Waals surface area contributed by atoms with Crippen LogP contribution in [-0.2, 0) is 4.79 Å². The highest BCUT2D eigenvalue weighted by Crippen LogP contribution is 2.34. The summed E-state index contributed by atoms with van der Waals surface area (Å²) in [7, 11) is 0. The molecule has 0 saturated heterocycles. The number of ether oxygens (including phenoxy) is 1. The summed E-state index contributed by atoms with van der Waals surface area (Å²) in [5.41, 5.74) is 2.00. The molecule has 15 heavy (non-hydrogen) atoms. The third kappa shape index (κ3) is 2.81. The molecule has 0 heterocycles. The van der Waals surface area contributed by atoms with Gasteiger partial charge in [0, 0.05) is 5.56 Å². The molecule has 1 unspecified atom stereocenters. The summed E-state index contributed by atoms with van der Waals surface area (Å²) in [4.78, 5) is 11.1. The van der Waals surface area contributed by atoms with Crippen LogP contribution in [0, 0.1) is 6.92 Å². The number of carbonyl (C=O) groups is 1. The van der Waals surface area contributed by atoms with Crippen molar-refractivity contribution >= 4 is 21.7 Å². The number of carbonyl (C=O) groups excluding carboxylic acids is 1. The predicted octanol–water partition coefficient (Wildman–Crippen LogP) is 3.42. The lowest BCUT2D eigenvalue weighted by atomic mass is 10.0. The van der Waals surface area contributed by atoms with Gasteiger partial charge in [-0.25, -0.2) is 0 Å². The van der Waals surface area contributed by atoms with Crippen molar-refractivity contribution in [2.75, 3.05) is 6.61 Å². The van der Waals surface area contributed by atoms with Crippen molar-refractivity contribution in [2.45, 2.75) is 25.6 Å². The first-order valence-corrected chi connectivity index (χ1v) is 5.86. The Morgan fingerprint density at radius 2 is 2.20 bits per heavy atom. The van der Waals surface area contributed by atoms with E-state index in [1.165, 1.54) is 0 Å². The van der Waals surface area contributed by atoms with Gasteiger partial charge >= 0.3 is 0 Å². The van der Waals surface area contributed by atoms with Crippen LogP contribution in [0.1, 0.15) is 29.8 Å². The fourth-order valence-electron chi connectivity index (χ4n) is 1.46. The van der Waals surface area contributed by atoms with Gasteiger partial charge in [0.25, 0.3) is 0 Å². The number of alkyl halides is 1. The van der Waals surface area contributed by atoms with Gasteiger partial charge in [0.2, 0.25) is 0 Å². The van der Waals surface area contributed by atoms with Gasteiger partial charge < -0.3 is 4.74 Å². The Morgan fingerprint density at radius 1 is 1.53 bits per heavy atom. The number of halogens is 1. The van der Waals surface area contributed by atoms with Gasteiger partial charge in [-0.05, 0) is 32.4 Å². The van der Waals surface area contributed by atoms with Gasteiger partial charge in [-0.15, -0.1) is 0 Å². The Kier molecular flexibility index (Phi) is 4.33. The third-order valence-corrected chi connectivity index (χ3v) is 3.30. The van der Waals surface area contributed by atoms with E-state index in [-0.39, 0.29) is 10.6 Å². The lowest BCUT2D eigenvalue weighted by Crippen LogP contribution is -2.06. The second-order valence-electron chi connectivity index (χ2n) is 3.39. The summed E-state index contributed by atoms with van der Waals surface area (Å²) >= 11 is 3.39. The molecule has 0 aliphatic rings. The Labute approximate surface area is 98.8 Å². The van der Waals surface area contributed by atoms with E-state index < -0.39 is 0 Å². The summed E-state index contributed by atoms with van der Waals surface area (Å²) in [6, 6.07) is 5.81. The minimum absolute atomic E-state index is 0.0882. The molecule has 0 radical (unpaired) electrons. The van der Waals surface area contributed by atoms with Gasteiger partial charge in [-0.2, -0.15) is 0 Å². The molecule has 1 rings (SSSR count). The number of rotatable bonds is 4. The topological polar surface area (TPSA) is 26.3 Å². The second-order valence-corrected chi connectivity index (χ2v) is 4.31. The molecule has 0 bridgehead atoms. The van der Waals surface area contributed by atoms with Crippen molar-refractivity contribution in [1.29, 1.82) is 0 Å². The van der Waals surface area contributed by atoms with Gasteiger partial charge in [-0.3, -0.25) is 4.79 Å². The average molecular weight is 271 g/mol. The highest BCUT2D eigenvalue weighted by Gasteiger charge is 2.19. The monoisotopic (exact) mass is 270 g/mol. The van der Waals surface area contributed by atoms with Crippen LogP contribution in [0.2, 0.25) is 0 Å². The quantitative estimate of drug-likeness (QED) is 0.784. The van der Waals surface area contributed by atoms with Crippen molar-refractivity contribution in [2.24, 2.45) is 0 Å². The maximum Gasteiger partial charge on any atom is 0.147 e. The smallest absolute Gasteiger partial charge is 0.147 e. The first-order chi connectivity index (χ1) is 7.07. The minimum atomic E-state index is -0.278. The predicted molar refractivity (Wildman–Crippen MR) is 64.7 cm³/mol. The van der Waals surface area contributed by atoms with Gasteiger partial charge in [0.15, 0.2) is 0 Å². The van der Waals surface area contributed by atoms with E-state index in [1.807, 2.05) is 32.0 Å².